The SMILES string of the molecule is CCCCCCCCCCC(C)c1cc(C(C)(C)C)cc(CCC)c1O. The molecule has 1 unspecified atom stereocenters. The molecule has 0 aliphatic rings. The van der Waals surface area contributed by atoms with E-state index in [1.807, 2.05) is 0 Å². The summed E-state index contributed by atoms with van der Waals surface area (Å²) in [4.78, 5) is 0. The number of aryl methyl sites for hydroxylation is 1. The fourth-order valence-electron chi connectivity index (χ4n) is 3.73. The molecule has 0 spiro atoms. The van der Waals surface area contributed by atoms with Gasteiger partial charge in [-0.2, -0.15) is 0 Å². The van der Waals surface area contributed by atoms with Crippen LogP contribution in [0.3, 0.4) is 0 Å². The van der Waals surface area contributed by atoms with Crippen LogP contribution in [0.1, 0.15) is 128 Å². The molecule has 1 nitrogen and oxygen atoms in total. The molecule has 1 atom stereocenters. The van der Waals surface area contributed by atoms with E-state index in [1.54, 1.807) is 0 Å². The smallest absolute Gasteiger partial charge is 0.122 e. The van der Waals surface area contributed by atoms with E-state index in [-0.39, 0.29) is 5.41 Å². The average molecular weight is 361 g/mol. The summed E-state index contributed by atoms with van der Waals surface area (Å²) in [7, 11) is 0. The van der Waals surface area contributed by atoms with Gasteiger partial charge in [0.15, 0.2) is 0 Å². The topological polar surface area (TPSA) is 20.2 Å². The Bertz CT molecular complexity index is 510. The zero-order chi connectivity index (χ0) is 19.6. The number of benzene rings is 1. The summed E-state index contributed by atoms with van der Waals surface area (Å²) >= 11 is 0. The van der Waals surface area contributed by atoms with Crippen molar-refractivity contribution in [3.05, 3.63) is 28.8 Å². The third-order valence-corrected chi connectivity index (χ3v) is 5.63. The van der Waals surface area contributed by atoms with Crippen molar-refractivity contribution < 1.29 is 5.11 Å². The first-order valence-electron chi connectivity index (χ1n) is 11.2. The molecule has 1 heteroatoms. The standard InChI is InChI=1S/C25H44O/c1-7-9-10-11-12-13-14-15-17-20(3)23-19-22(25(4,5)6)18-21(16-8-2)24(23)26/h18-20,26H,7-17H2,1-6H3. The van der Waals surface area contributed by atoms with Gasteiger partial charge in [-0.15, -0.1) is 0 Å². The third kappa shape index (κ3) is 7.72. The lowest BCUT2D eigenvalue weighted by atomic mass is 9.81. The minimum atomic E-state index is 0.128. The van der Waals surface area contributed by atoms with Crippen LogP contribution in [0.5, 0.6) is 5.75 Å². The van der Waals surface area contributed by atoms with Crippen LogP contribution in [0.25, 0.3) is 0 Å². The van der Waals surface area contributed by atoms with Crippen molar-refractivity contribution in [2.45, 2.75) is 124 Å². The molecule has 1 aromatic carbocycles. The molecule has 0 fully saturated rings. The Balaban J connectivity index is 2.64. The number of hydrogen-bond donors (Lipinski definition) is 1. The Kier molecular flexibility index (Phi) is 10.4. The molecule has 1 rings (SSSR count). The summed E-state index contributed by atoms with van der Waals surface area (Å²) in [5.74, 6) is 1.000. The maximum atomic E-state index is 10.8. The highest BCUT2D eigenvalue weighted by molar-refractivity contribution is 5.47. The van der Waals surface area contributed by atoms with Crippen LogP contribution in [0, 0.1) is 0 Å². The van der Waals surface area contributed by atoms with Crippen LogP contribution in [-0.2, 0) is 11.8 Å². The molecule has 0 radical (unpaired) electrons. The van der Waals surface area contributed by atoms with Crippen LogP contribution in [0.4, 0.5) is 0 Å². The largest absolute Gasteiger partial charge is 0.507 e. The summed E-state index contributed by atoms with van der Waals surface area (Å²) in [5, 5.41) is 10.8. The van der Waals surface area contributed by atoms with E-state index in [0.29, 0.717) is 11.7 Å². The molecule has 1 aromatic rings. The van der Waals surface area contributed by atoms with Crippen LogP contribution in [-0.4, -0.2) is 5.11 Å². The number of unbranched alkanes of at least 4 members (excludes halogenated alkanes) is 7. The molecule has 0 heterocycles. The number of phenols is 1. The molecule has 150 valence electrons. The van der Waals surface area contributed by atoms with E-state index >= 15 is 0 Å². The highest BCUT2D eigenvalue weighted by Gasteiger charge is 2.20. The van der Waals surface area contributed by atoms with Crippen molar-refractivity contribution in [1.29, 1.82) is 0 Å². The van der Waals surface area contributed by atoms with Gasteiger partial charge >= 0.3 is 0 Å². The van der Waals surface area contributed by atoms with Crippen molar-refractivity contribution in [3.8, 4) is 5.75 Å². The predicted molar refractivity (Wildman–Crippen MR) is 116 cm³/mol. The van der Waals surface area contributed by atoms with E-state index in [4.69, 9.17) is 0 Å². The van der Waals surface area contributed by atoms with Crippen LogP contribution in [0.15, 0.2) is 12.1 Å². The van der Waals surface area contributed by atoms with Gasteiger partial charge in [0.25, 0.3) is 0 Å². The van der Waals surface area contributed by atoms with Crippen LogP contribution in [0.2, 0.25) is 0 Å². The minimum Gasteiger partial charge on any atom is -0.507 e. The molecule has 0 aromatic heterocycles. The van der Waals surface area contributed by atoms with Gasteiger partial charge < -0.3 is 5.11 Å². The fraction of sp³-hybridized carbons (Fsp3) is 0.760. The Morgan fingerprint density at radius 2 is 1.42 bits per heavy atom. The highest BCUT2D eigenvalue weighted by Crippen LogP contribution is 2.37. The maximum Gasteiger partial charge on any atom is 0.122 e. The van der Waals surface area contributed by atoms with E-state index in [2.05, 4.69) is 53.7 Å². The zero-order valence-electron chi connectivity index (χ0n) is 18.5. The van der Waals surface area contributed by atoms with Crippen LogP contribution < -0.4 is 0 Å². The summed E-state index contributed by atoms with van der Waals surface area (Å²) in [5.41, 5.74) is 3.79. The summed E-state index contributed by atoms with van der Waals surface area (Å²) < 4.78 is 0. The summed E-state index contributed by atoms with van der Waals surface area (Å²) in [6.45, 7) is 13.6. The van der Waals surface area contributed by atoms with Crippen LogP contribution >= 0.6 is 0 Å². The third-order valence-electron chi connectivity index (χ3n) is 5.63. The number of phenolic OH excluding ortho intramolecular Hbond substituents is 1. The molecule has 0 saturated heterocycles. The number of aromatic hydroxyl groups is 1. The minimum absolute atomic E-state index is 0.128. The zero-order valence-corrected chi connectivity index (χ0v) is 18.5. The second-order valence-electron chi connectivity index (χ2n) is 9.24. The summed E-state index contributed by atoms with van der Waals surface area (Å²) in [6, 6.07) is 4.50. The number of hydrogen-bond acceptors (Lipinski definition) is 1. The maximum absolute atomic E-state index is 10.8. The Labute approximate surface area is 163 Å². The monoisotopic (exact) mass is 360 g/mol. The second-order valence-corrected chi connectivity index (χ2v) is 9.24. The molecular formula is C25H44O. The van der Waals surface area contributed by atoms with E-state index < -0.39 is 0 Å². The normalized spacial score (nSPS) is 13.2. The molecule has 26 heavy (non-hydrogen) atoms. The van der Waals surface area contributed by atoms with Gasteiger partial charge in [-0.25, -0.2) is 0 Å². The fourth-order valence-corrected chi connectivity index (χ4v) is 3.73. The Morgan fingerprint density at radius 1 is 0.846 bits per heavy atom. The molecule has 0 bridgehead atoms. The predicted octanol–water partition coefficient (Wildman–Crippen LogP) is 8.28. The molecule has 0 amide bonds. The van der Waals surface area contributed by atoms with Crippen molar-refractivity contribution in [3.63, 3.8) is 0 Å². The van der Waals surface area contributed by atoms with E-state index in [9.17, 15) is 5.11 Å². The van der Waals surface area contributed by atoms with Crippen molar-refractivity contribution in [2.24, 2.45) is 0 Å². The first-order chi connectivity index (χ1) is 12.3. The lowest BCUT2D eigenvalue weighted by Crippen LogP contribution is -2.13. The van der Waals surface area contributed by atoms with Gasteiger partial charge in [-0.3, -0.25) is 0 Å². The van der Waals surface area contributed by atoms with E-state index in [1.165, 1.54) is 68.9 Å². The van der Waals surface area contributed by atoms with E-state index in [0.717, 1.165) is 18.4 Å². The molecular weight excluding hydrogens is 316 g/mol. The highest BCUT2D eigenvalue weighted by atomic mass is 16.3. The van der Waals surface area contributed by atoms with Gasteiger partial charge in [0, 0.05) is 0 Å². The second kappa shape index (κ2) is 11.7. The Morgan fingerprint density at radius 3 is 1.96 bits per heavy atom. The molecule has 1 N–H and O–H groups in total. The molecule has 0 aliphatic heterocycles. The first-order valence-corrected chi connectivity index (χ1v) is 11.2. The van der Waals surface area contributed by atoms with Crippen molar-refractivity contribution in [1.82, 2.24) is 0 Å². The first kappa shape index (κ1) is 23.1. The van der Waals surface area contributed by atoms with Gasteiger partial charge in [0.2, 0.25) is 0 Å². The quantitative estimate of drug-likeness (QED) is 0.372. The molecule has 0 saturated carbocycles. The average Bonchev–Trinajstić information content (AvgIpc) is 2.58. The lowest BCUT2D eigenvalue weighted by molar-refractivity contribution is 0.448. The van der Waals surface area contributed by atoms with Crippen molar-refractivity contribution in [2.75, 3.05) is 0 Å². The lowest BCUT2D eigenvalue weighted by Gasteiger charge is -2.24. The summed E-state index contributed by atoms with van der Waals surface area (Å²) in [6.07, 6.45) is 14.1. The number of rotatable bonds is 12. The Hall–Kier alpha value is -0.980. The van der Waals surface area contributed by atoms with Gasteiger partial charge in [-0.05, 0) is 40.9 Å². The van der Waals surface area contributed by atoms with Gasteiger partial charge in [-0.1, -0.05) is 111 Å². The van der Waals surface area contributed by atoms with Gasteiger partial charge in [0.1, 0.15) is 5.75 Å². The van der Waals surface area contributed by atoms with Crippen molar-refractivity contribution >= 4 is 0 Å². The van der Waals surface area contributed by atoms with Gasteiger partial charge in [0.05, 0.1) is 0 Å². The molecule has 0 aliphatic carbocycles.